The molecule has 1 aromatic rings. The van der Waals surface area contributed by atoms with Gasteiger partial charge in [-0.15, -0.1) is 0 Å². The second-order valence-corrected chi connectivity index (χ2v) is 6.23. The highest BCUT2D eigenvalue weighted by Gasteiger charge is 2.26. The molecule has 1 unspecified atom stereocenters. The van der Waals surface area contributed by atoms with Crippen LogP contribution in [0.1, 0.15) is 32.4 Å². The van der Waals surface area contributed by atoms with Gasteiger partial charge in [0.15, 0.2) is 0 Å². The molecule has 3 nitrogen and oxygen atoms in total. The van der Waals surface area contributed by atoms with E-state index in [1.54, 1.807) is 40.0 Å². The van der Waals surface area contributed by atoms with E-state index in [1.807, 2.05) is 12.1 Å². The third kappa shape index (κ3) is 4.82. The summed E-state index contributed by atoms with van der Waals surface area (Å²) in [6, 6.07) is 6.58. The summed E-state index contributed by atoms with van der Waals surface area (Å²) < 4.78 is 19.4. The molecule has 1 rings (SSSR count). The third-order valence-electron chi connectivity index (χ3n) is 2.55. The number of alkyl halides is 1. The van der Waals surface area contributed by atoms with Crippen LogP contribution in [0.2, 0.25) is 0 Å². The molecule has 0 bridgehead atoms. The average molecular weight is 332 g/mol. The predicted molar refractivity (Wildman–Crippen MR) is 76.9 cm³/mol. The number of halogens is 2. The first-order valence-corrected chi connectivity index (χ1v) is 6.81. The number of rotatable bonds is 3. The first kappa shape index (κ1) is 16.0. The van der Waals surface area contributed by atoms with Gasteiger partial charge in [0.1, 0.15) is 12.3 Å². The van der Waals surface area contributed by atoms with Crippen LogP contribution in [0.3, 0.4) is 0 Å². The van der Waals surface area contributed by atoms with Gasteiger partial charge in [-0.1, -0.05) is 28.1 Å². The Morgan fingerprint density at radius 3 is 2.32 bits per heavy atom. The zero-order valence-corrected chi connectivity index (χ0v) is 13.2. The lowest BCUT2D eigenvalue weighted by Crippen LogP contribution is -2.37. The number of benzene rings is 1. The Labute approximate surface area is 121 Å². The van der Waals surface area contributed by atoms with Gasteiger partial charge in [0, 0.05) is 11.5 Å². The summed E-state index contributed by atoms with van der Waals surface area (Å²) >= 11 is 3.32. The van der Waals surface area contributed by atoms with Gasteiger partial charge in [0.05, 0.1) is 6.04 Å². The second kappa shape index (κ2) is 6.37. The Morgan fingerprint density at radius 1 is 1.37 bits per heavy atom. The second-order valence-electron chi connectivity index (χ2n) is 5.31. The van der Waals surface area contributed by atoms with Crippen LogP contribution in [0.5, 0.6) is 0 Å². The van der Waals surface area contributed by atoms with E-state index in [-0.39, 0.29) is 0 Å². The number of hydrogen-bond acceptors (Lipinski definition) is 2. The lowest BCUT2D eigenvalue weighted by Gasteiger charge is -2.29. The molecule has 1 amide bonds. The fourth-order valence-electron chi connectivity index (χ4n) is 1.56. The van der Waals surface area contributed by atoms with Crippen molar-refractivity contribution in [2.24, 2.45) is 0 Å². The number of ether oxygens (including phenoxy) is 1. The molecule has 5 heteroatoms. The van der Waals surface area contributed by atoms with Gasteiger partial charge in [-0.2, -0.15) is 0 Å². The van der Waals surface area contributed by atoms with Crippen LogP contribution in [0.4, 0.5) is 9.18 Å². The Balaban J connectivity index is 2.85. The van der Waals surface area contributed by atoms with E-state index in [1.165, 1.54) is 4.90 Å². The topological polar surface area (TPSA) is 29.5 Å². The maximum Gasteiger partial charge on any atom is 0.410 e. The number of hydrogen-bond donors (Lipinski definition) is 0. The molecule has 0 saturated heterocycles. The summed E-state index contributed by atoms with van der Waals surface area (Å²) in [5, 5.41) is 0. The first-order valence-electron chi connectivity index (χ1n) is 6.02. The van der Waals surface area contributed by atoms with Gasteiger partial charge < -0.3 is 9.64 Å². The molecule has 0 fully saturated rings. The van der Waals surface area contributed by atoms with Gasteiger partial charge in [-0.05, 0) is 38.5 Å². The minimum atomic E-state index is -0.655. The van der Waals surface area contributed by atoms with E-state index in [4.69, 9.17) is 4.74 Å². The highest BCUT2D eigenvalue weighted by molar-refractivity contribution is 9.10. The SMILES string of the molecule is CN(C(=O)OC(C)(C)C)C(CF)c1ccc(Br)cc1. The van der Waals surface area contributed by atoms with Crippen molar-refractivity contribution < 1.29 is 13.9 Å². The van der Waals surface area contributed by atoms with Crippen LogP contribution in [-0.2, 0) is 4.74 Å². The largest absolute Gasteiger partial charge is 0.444 e. The molecule has 0 aromatic heterocycles. The fourth-order valence-corrected chi connectivity index (χ4v) is 1.83. The molecule has 0 saturated carbocycles. The van der Waals surface area contributed by atoms with E-state index in [0.717, 1.165) is 10.0 Å². The molecular weight excluding hydrogens is 313 g/mol. The van der Waals surface area contributed by atoms with Crippen molar-refractivity contribution in [1.29, 1.82) is 0 Å². The van der Waals surface area contributed by atoms with Crippen LogP contribution in [-0.4, -0.2) is 30.3 Å². The molecule has 1 atom stereocenters. The van der Waals surface area contributed by atoms with Gasteiger partial charge in [-0.3, -0.25) is 0 Å². The Bertz CT molecular complexity index is 428. The van der Waals surface area contributed by atoms with Gasteiger partial charge in [0.25, 0.3) is 0 Å². The maximum absolute atomic E-state index is 13.2. The highest BCUT2D eigenvalue weighted by Crippen LogP contribution is 2.23. The van der Waals surface area contributed by atoms with Crippen molar-refractivity contribution in [3.63, 3.8) is 0 Å². The smallest absolute Gasteiger partial charge is 0.410 e. The van der Waals surface area contributed by atoms with Crippen molar-refractivity contribution >= 4 is 22.0 Å². The van der Waals surface area contributed by atoms with Crippen LogP contribution in [0.25, 0.3) is 0 Å². The minimum absolute atomic E-state index is 0.530. The van der Waals surface area contributed by atoms with Crippen molar-refractivity contribution in [2.75, 3.05) is 13.7 Å². The van der Waals surface area contributed by atoms with Crippen molar-refractivity contribution in [3.8, 4) is 0 Å². The summed E-state index contributed by atoms with van der Waals surface area (Å²) in [6.45, 7) is 4.69. The normalized spacial score (nSPS) is 12.9. The third-order valence-corrected chi connectivity index (χ3v) is 3.08. The van der Waals surface area contributed by atoms with Gasteiger partial charge >= 0.3 is 6.09 Å². The van der Waals surface area contributed by atoms with Crippen LogP contribution < -0.4 is 0 Å². The fraction of sp³-hybridized carbons (Fsp3) is 0.500. The van der Waals surface area contributed by atoms with Gasteiger partial charge in [-0.25, -0.2) is 9.18 Å². The lowest BCUT2D eigenvalue weighted by molar-refractivity contribution is 0.0196. The van der Waals surface area contributed by atoms with Crippen LogP contribution >= 0.6 is 15.9 Å². The molecule has 0 spiro atoms. The summed E-state index contributed by atoms with van der Waals surface area (Å²) in [7, 11) is 1.54. The van der Waals surface area contributed by atoms with Gasteiger partial charge in [0.2, 0.25) is 0 Å². The van der Waals surface area contributed by atoms with E-state index >= 15 is 0 Å². The maximum atomic E-state index is 13.2. The Kier molecular flexibility index (Phi) is 5.35. The minimum Gasteiger partial charge on any atom is -0.444 e. The summed E-state index contributed by atoms with van der Waals surface area (Å²) in [5.41, 5.74) is 0.144. The standard InChI is InChI=1S/C14H19BrFNO2/c1-14(2,3)19-13(18)17(4)12(9-16)10-5-7-11(15)8-6-10/h5-8,12H,9H2,1-4H3. The Hall–Kier alpha value is -1.10. The van der Waals surface area contributed by atoms with E-state index in [9.17, 15) is 9.18 Å². The summed E-state index contributed by atoms with van der Waals surface area (Å²) in [6.07, 6.45) is -0.530. The lowest BCUT2D eigenvalue weighted by atomic mass is 10.1. The summed E-state index contributed by atoms with van der Waals surface area (Å²) in [5.74, 6) is 0. The van der Waals surface area contributed by atoms with Crippen LogP contribution in [0, 0.1) is 0 Å². The molecule has 19 heavy (non-hydrogen) atoms. The molecule has 0 aliphatic heterocycles. The van der Waals surface area contributed by atoms with E-state index < -0.39 is 24.4 Å². The molecule has 0 aliphatic rings. The number of amides is 1. The first-order chi connectivity index (χ1) is 8.74. The number of carbonyl (C=O) groups is 1. The van der Waals surface area contributed by atoms with Crippen LogP contribution in [0.15, 0.2) is 28.7 Å². The molecule has 0 radical (unpaired) electrons. The molecule has 0 N–H and O–H groups in total. The monoisotopic (exact) mass is 331 g/mol. The highest BCUT2D eigenvalue weighted by atomic mass is 79.9. The molecule has 0 aliphatic carbocycles. The predicted octanol–water partition coefficient (Wildman–Crippen LogP) is 4.33. The quantitative estimate of drug-likeness (QED) is 0.825. The number of nitrogens with zero attached hydrogens (tertiary/aromatic N) is 1. The molecule has 106 valence electrons. The zero-order chi connectivity index (χ0) is 14.6. The zero-order valence-electron chi connectivity index (χ0n) is 11.6. The molecule has 1 aromatic carbocycles. The van der Waals surface area contributed by atoms with Crippen molar-refractivity contribution in [3.05, 3.63) is 34.3 Å². The average Bonchev–Trinajstić information content (AvgIpc) is 2.30. The van der Waals surface area contributed by atoms with Crippen molar-refractivity contribution in [2.45, 2.75) is 32.4 Å². The van der Waals surface area contributed by atoms with E-state index in [2.05, 4.69) is 15.9 Å². The molecule has 0 heterocycles. The Morgan fingerprint density at radius 2 is 1.89 bits per heavy atom. The number of carbonyl (C=O) groups excluding carboxylic acids is 1. The molecular formula is C14H19BrFNO2. The van der Waals surface area contributed by atoms with E-state index in [0.29, 0.717) is 0 Å². The summed E-state index contributed by atoms with van der Waals surface area (Å²) in [4.78, 5) is 13.2. The van der Waals surface area contributed by atoms with Crippen molar-refractivity contribution in [1.82, 2.24) is 4.90 Å².